The van der Waals surface area contributed by atoms with E-state index in [0.29, 0.717) is 5.75 Å². The maximum Gasteiger partial charge on any atom is 0.173 e. The van der Waals surface area contributed by atoms with Crippen molar-refractivity contribution in [2.45, 2.75) is 25.8 Å². The summed E-state index contributed by atoms with van der Waals surface area (Å²) >= 11 is 1.50. The third kappa shape index (κ3) is 3.45. The number of para-hydroxylation sites is 1. The van der Waals surface area contributed by atoms with Crippen molar-refractivity contribution in [3.63, 3.8) is 0 Å². The quantitative estimate of drug-likeness (QED) is 0.492. The highest BCUT2D eigenvalue weighted by molar-refractivity contribution is 7.99. The molecule has 0 saturated heterocycles. The van der Waals surface area contributed by atoms with E-state index in [0.717, 1.165) is 27.2 Å². The zero-order chi connectivity index (χ0) is 16.4. The number of carbonyl (C=O) groups excluding carboxylic acids is 1. The predicted octanol–water partition coefficient (Wildman–Crippen LogP) is 5.14. The minimum atomic E-state index is 0.138. The summed E-state index contributed by atoms with van der Waals surface area (Å²) in [6, 6.07) is 16.0. The van der Waals surface area contributed by atoms with Crippen LogP contribution in [0.5, 0.6) is 0 Å². The van der Waals surface area contributed by atoms with Gasteiger partial charge in [-0.2, -0.15) is 0 Å². The van der Waals surface area contributed by atoms with Crippen LogP contribution in [0.1, 0.15) is 27.0 Å². The second-order valence-corrected chi connectivity index (χ2v) is 6.82. The fraction of sp³-hybridized carbons (Fsp3) is 0.200. The van der Waals surface area contributed by atoms with Crippen LogP contribution in [0, 0.1) is 20.8 Å². The van der Waals surface area contributed by atoms with E-state index in [2.05, 4.69) is 38.1 Å². The molecule has 0 bridgehead atoms. The molecule has 3 aromatic rings. The van der Waals surface area contributed by atoms with Gasteiger partial charge < -0.3 is 0 Å². The van der Waals surface area contributed by atoms with Gasteiger partial charge in [-0.25, -0.2) is 4.98 Å². The molecule has 2 aromatic carbocycles. The van der Waals surface area contributed by atoms with Gasteiger partial charge in [0.05, 0.1) is 16.3 Å². The number of fused-ring (bicyclic) bond motifs is 1. The fourth-order valence-electron chi connectivity index (χ4n) is 2.57. The minimum Gasteiger partial charge on any atom is -0.293 e. The van der Waals surface area contributed by atoms with Crippen LogP contribution in [0.25, 0.3) is 10.9 Å². The van der Waals surface area contributed by atoms with E-state index in [1.807, 2.05) is 31.2 Å². The zero-order valence-corrected chi connectivity index (χ0v) is 14.4. The zero-order valence-electron chi connectivity index (χ0n) is 13.6. The van der Waals surface area contributed by atoms with Gasteiger partial charge in [-0.1, -0.05) is 59.8 Å². The van der Waals surface area contributed by atoms with E-state index >= 15 is 0 Å². The summed E-state index contributed by atoms with van der Waals surface area (Å²) in [5.41, 5.74) is 5.31. The molecule has 23 heavy (non-hydrogen) atoms. The number of hydrogen-bond donors (Lipinski definition) is 0. The number of aromatic nitrogens is 1. The number of ketones is 1. The molecule has 0 N–H and O–H groups in total. The van der Waals surface area contributed by atoms with Gasteiger partial charge in [0.1, 0.15) is 0 Å². The molecule has 0 radical (unpaired) electrons. The van der Waals surface area contributed by atoms with Crippen molar-refractivity contribution < 1.29 is 4.79 Å². The summed E-state index contributed by atoms with van der Waals surface area (Å²) in [5.74, 6) is 0.548. The van der Waals surface area contributed by atoms with Gasteiger partial charge in [0, 0.05) is 10.9 Å². The van der Waals surface area contributed by atoms with Gasteiger partial charge in [-0.3, -0.25) is 4.79 Å². The Morgan fingerprint density at radius 2 is 1.74 bits per heavy atom. The van der Waals surface area contributed by atoms with Crippen molar-refractivity contribution in [1.29, 1.82) is 0 Å². The number of carbonyl (C=O) groups is 1. The molecule has 0 aliphatic carbocycles. The van der Waals surface area contributed by atoms with Crippen molar-refractivity contribution in [3.8, 4) is 0 Å². The van der Waals surface area contributed by atoms with Crippen LogP contribution in [0.4, 0.5) is 0 Å². The van der Waals surface area contributed by atoms with Gasteiger partial charge in [-0.15, -0.1) is 0 Å². The lowest BCUT2D eigenvalue weighted by molar-refractivity contribution is 0.102. The topological polar surface area (TPSA) is 30.0 Å². The Bertz CT molecular complexity index is 869. The summed E-state index contributed by atoms with van der Waals surface area (Å²) in [6.07, 6.45) is 0. The molecule has 0 fully saturated rings. The van der Waals surface area contributed by atoms with E-state index in [4.69, 9.17) is 4.98 Å². The third-order valence-corrected chi connectivity index (χ3v) is 4.86. The molecule has 0 unspecified atom stereocenters. The molecule has 0 aliphatic heterocycles. The Balaban J connectivity index is 1.80. The van der Waals surface area contributed by atoms with E-state index in [1.165, 1.54) is 22.7 Å². The highest BCUT2D eigenvalue weighted by atomic mass is 32.2. The first-order chi connectivity index (χ1) is 11.0. The summed E-state index contributed by atoms with van der Waals surface area (Å²) in [6.45, 7) is 6.18. The fourth-order valence-corrected chi connectivity index (χ4v) is 3.43. The van der Waals surface area contributed by atoms with E-state index < -0.39 is 0 Å². The smallest absolute Gasteiger partial charge is 0.173 e. The molecular weight excluding hydrogens is 302 g/mol. The lowest BCUT2D eigenvalue weighted by Gasteiger charge is -2.08. The lowest BCUT2D eigenvalue weighted by Crippen LogP contribution is -2.02. The third-order valence-electron chi connectivity index (χ3n) is 3.95. The molecule has 116 valence electrons. The molecular formula is C20H19NOS. The molecule has 0 saturated carbocycles. The van der Waals surface area contributed by atoms with Crippen molar-refractivity contribution in [1.82, 2.24) is 4.98 Å². The Morgan fingerprint density at radius 1 is 1.00 bits per heavy atom. The second kappa shape index (κ2) is 6.55. The Labute approximate surface area is 140 Å². The van der Waals surface area contributed by atoms with E-state index in [-0.39, 0.29) is 5.78 Å². The molecule has 1 aromatic heterocycles. The number of Topliss-reactive ketones (excluding diaryl/α,β-unsaturated/α-hetero) is 1. The number of aryl methyl sites for hydroxylation is 3. The van der Waals surface area contributed by atoms with Gasteiger partial charge in [-0.05, 0) is 38.0 Å². The number of benzene rings is 2. The molecule has 3 rings (SSSR count). The van der Waals surface area contributed by atoms with E-state index in [9.17, 15) is 4.79 Å². The maximum atomic E-state index is 12.3. The van der Waals surface area contributed by atoms with Crippen LogP contribution in [0.15, 0.2) is 53.6 Å². The molecule has 2 nitrogen and oxygen atoms in total. The van der Waals surface area contributed by atoms with Crippen molar-refractivity contribution in [2.24, 2.45) is 0 Å². The Hall–Kier alpha value is -2.13. The number of pyridine rings is 1. The Kier molecular flexibility index (Phi) is 4.49. The number of nitrogens with zero attached hydrogens (tertiary/aromatic N) is 1. The van der Waals surface area contributed by atoms with Gasteiger partial charge in [0.15, 0.2) is 5.78 Å². The maximum absolute atomic E-state index is 12.3. The van der Waals surface area contributed by atoms with Crippen LogP contribution in [-0.2, 0) is 0 Å². The van der Waals surface area contributed by atoms with Crippen LogP contribution in [-0.4, -0.2) is 16.5 Å². The highest BCUT2D eigenvalue weighted by Crippen LogP contribution is 2.26. The minimum absolute atomic E-state index is 0.138. The van der Waals surface area contributed by atoms with Gasteiger partial charge in [0.2, 0.25) is 0 Å². The van der Waals surface area contributed by atoms with Crippen molar-refractivity contribution in [3.05, 3.63) is 70.8 Å². The van der Waals surface area contributed by atoms with Crippen LogP contribution in [0.3, 0.4) is 0 Å². The SMILES string of the molecule is Cc1ccc(C(=O)CSc2cc(C)c3cccc(C)c3n2)cc1. The average molecular weight is 321 g/mol. The summed E-state index contributed by atoms with van der Waals surface area (Å²) in [5, 5.41) is 2.09. The lowest BCUT2D eigenvalue weighted by atomic mass is 10.1. The normalized spacial score (nSPS) is 10.9. The molecule has 0 aliphatic rings. The standard InChI is InChI=1S/C20H19NOS/c1-13-7-9-16(10-8-13)18(22)12-23-19-11-15(3)17-6-4-5-14(2)20(17)21-19/h4-11H,12H2,1-3H3. The Morgan fingerprint density at radius 3 is 2.48 bits per heavy atom. The molecule has 0 atom stereocenters. The first-order valence-corrected chi connectivity index (χ1v) is 8.63. The predicted molar refractivity (Wildman–Crippen MR) is 97.5 cm³/mol. The number of rotatable bonds is 4. The largest absolute Gasteiger partial charge is 0.293 e. The number of hydrogen-bond acceptors (Lipinski definition) is 3. The first kappa shape index (κ1) is 15.8. The molecule has 0 amide bonds. The van der Waals surface area contributed by atoms with E-state index in [1.54, 1.807) is 0 Å². The number of thioether (sulfide) groups is 1. The molecule has 1 heterocycles. The van der Waals surface area contributed by atoms with Gasteiger partial charge in [0.25, 0.3) is 0 Å². The molecule has 0 spiro atoms. The van der Waals surface area contributed by atoms with Crippen LogP contribution >= 0.6 is 11.8 Å². The summed E-state index contributed by atoms with van der Waals surface area (Å²) in [7, 11) is 0. The van der Waals surface area contributed by atoms with Crippen LogP contribution in [0.2, 0.25) is 0 Å². The highest BCUT2D eigenvalue weighted by Gasteiger charge is 2.09. The summed E-state index contributed by atoms with van der Waals surface area (Å²) < 4.78 is 0. The summed E-state index contributed by atoms with van der Waals surface area (Å²) in [4.78, 5) is 17.0. The van der Waals surface area contributed by atoms with Crippen molar-refractivity contribution in [2.75, 3.05) is 5.75 Å². The average Bonchev–Trinajstić information content (AvgIpc) is 2.54. The van der Waals surface area contributed by atoms with Crippen molar-refractivity contribution >= 4 is 28.4 Å². The van der Waals surface area contributed by atoms with Gasteiger partial charge >= 0.3 is 0 Å². The monoisotopic (exact) mass is 321 g/mol. The second-order valence-electron chi connectivity index (χ2n) is 5.83. The molecule has 3 heteroatoms. The van der Waals surface area contributed by atoms with Crippen LogP contribution < -0.4 is 0 Å². The first-order valence-electron chi connectivity index (χ1n) is 7.64.